The quantitative estimate of drug-likeness (QED) is 0.688. The van der Waals surface area contributed by atoms with Crippen LogP contribution in [0.3, 0.4) is 0 Å². The molecule has 3 rings (SSSR count). The first kappa shape index (κ1) is 16.6. The van der Waals surface area contributed by atoms with Crippen LogP contribution in [0.5, 0.6) is 5.75 Å². The summed E-state index contributed by atoms with van der Waals surface area (Å²) in [6, 6.07) is 14.3. The zero-order chi connectivity index (χ0) is 17.5. The molecule has 0 bridgehead atoms. The third-order valence-electron chi connectivity index (χ3n) is 3.59. The molecule has 0 atom stereocenters. The zero-order valence-electron chi connectivity index (χ0n) is 13.7. The SMILES string of the molecule is COc1ccc(CNc2nncc(NCc3ccccc3F)n2)cc1. The molecule has 2 aromatic carbocycles. The molecule has 0 aliphatic heterocycles. The number of benzene rings is 2. The Bertz CT molecular complexity index is 826. The Labute approximate surface area is 145 Å². The van der Waals surface area contributed by atoms with Crippen molar-refractivity contribution in [1.29, 1.82) is 0 Å². The molecule has 0 saturated carbocycles. The average molecular weight is 339 g/mol. The van der Waals surface area contributed by atoms with Gasteiger partial charge in [0.2, 0.25) is 5.95 Å². The largest absolute Gasteiger partial charge is 0.497 e. The summed E-state index contributed by atoms with van der Waals surface area (Å²) in [5.74, 6) is 1.47. The van der Waals surface area contributed by atoms with E-state index in [2.05, 4.69) is 25.8 Å². The van der Waals surface area contributed by atoms with E-state index in [1.165, 1.54) is 12.3 Å². The van der Waals surface area contributed by atoms with Gasteiger partial charge in [0.15, 0.2) is 5.82 Å². The van der Waals surface area contributed by atoms with Crippen molar-refractivity contribution in [3.05, 3.63) is 71.7 Å². The molecule has 1 heterocycles. The molecule has 0 unspecified atom stereocenters. The second-order valence-electron chi connectivity index (χ2n) is 5.31. The van der Waals surface area contributed by atoms with Crippen LogP contribution in [0.25, 0.3) is 0 Å². The number of ether oxygens (including phenoxy) is 1. The minimum absolute atomic E-state index is 0.255. The highest BCUT2D eigenvalue weighted by molar-refractivity contribution is 5.39. The van der Waals surface area contributed by atoms with E-state index in [4.69, 9.17) is 4.74 Å². The Hall–Kier alpha value is -3.22. The van der Waals surface area contributed by atoms with E-state index >= 15 is 0 Å². The lowest BCUT2D eigenvalue weighted by atomic mass is 10.2. The summed E-state index contributed by atoms with van der Waals surface area (Å²) in [5.41, 5.74) is 1.63. The van der Waals surface area contributed by atoms with Crippen LogP contribution in [0.1, 0.15) is 11.1 Å². The molecule has 6 nitrogen and oxygen atoms in total. The lowest BCUT2D eigenvalue weighted by Gasteiger charge is -2.08. The smallest absolute Gasteiger partial charge is 0.244 e. The lowest BCUT2D eigenvalue weighted by Crippen LogP contribution is -2.08. The van der Waals surface area contributed by atoms with Gasteiger partial charge in [0, 0.05) is 18.7 Å². The van der Waals surface area contributed by atoms with E-state index in [1.807, 2.05) is 24.3 Å². The van der Waals surface area contributed by atoms with Crippen molar-refractivity contribution in [3.8, 4) is 5.75 Å². The van der Waals surface area contributed by atoms with Gasteiger partial charge in [-0.15, -0.1) is 5.10 Å². The van der Waals surface area contributed by atoms with Crippen LogP contribution in [0.15, 0.2) is 54.7 Å². The molecule has 7 heteroatoms. The van der Waals surface area contributed by atoms with Crippen LogP contribution in [0.2, 0.25) is 0 Å². The van der Waals surface area contributed by atoms with Gasteiger partial charge in [0.1, 0.15) is 11.6 Å². The maximum absolute atomic E-state index is 13.6. The van der Waals surface area contributed by atoms with Gasteiger partial charge >= 0.3 is 0 Å². The van der Waals surface area contributed by atoms with E-state index < -0.39 is 0 Å². The van der Waals surface area contributed by atoms with Crippen molar-refractivity contribution < 1.29 is 9.13 Å². The number of rotatable bonds is 7. The van der Waals surface area contributed by atoms with Crippen molar-refractivity contribution in [1.82, 2.24) is 15.2 Å². The number of halogens is 1. The second-order valence-corrected chi connectivity index (χ2v) is 5.31. The van der Waals surface area contributed by atoms with Gasteiger partial charge in [-0.2, -0.15) is 10.1 Å². The fourth-order valence-electron chi connectivity index (χ4n) is 2.22. The first-order valence-electron chi connectivity index (χ1n) is 7.78. The molecule has 2 N–H and O–H groups in total. The highest BCUT2D eigenvalue weighted by Gasteiger charge is 2.04. The number of hydrogen-bond acceptors (Lipinski definition) is 6. The van der Waals surface area contributed by atoms with E-state index in [-0.39, 0.29) is 5.82 Å². The van der Waals surface area contributed by atoms with Crippen LogP contribution in [-0.4, -0.2) is 22.3 Å². The molecular formula is C18H18FN5O. The average Bonchev–Trinajstić information content (AvgIpc) is 2.66. The minimum atomic E-state index is -0.255. The van der Waals surface area contributed by atoms with Gasteiger partial charge in [-0.3, -0.25) is 0 Å². The van der Waals surface area contributed by atoms with Crippen LogP contribution >= 0.6 is 0 Å². The molecule has 3 aromatic rings. The van der Waals surface area contributed by atoms with Gasteiger partial charge in [-0.25, -0.2) is 4.39 Å². The minimum Gasteiger partial charge on any atom is -0.497 e. The Morgan fingerprint density at radius 2 is 1.80 bits per heavy atom. The van der Waals surface area contributed by atoms with Crippen molar-refractivity contribution in [2.24, 2.45) is 0 Å². The number of methoxy groups -OCH3 is 1. The number of anilines is 2. The number of hydrogen-bond donors (Lipinski definition) is 2. The summed E-state index contributed by atoms with van der Waals surface area (Å²) in [6.45, 7) is 0.881. The highest BCUT2D eigenvalue weighted by Crippen LogP contribution is 2.13. The van der Waals surface area contributed by atoms with Crippen LogP contribution < -0.4 is 15.4 Å². The first-order valence-corrected chi connectivity index (χ1v) is 7.78. The van der Waals surface area contributed by atoms with Crippen molar-refractivity contribution in [3.63, 3.8) is 0 Å². The molecule has 0 saturated heterocycles. The van der Waals surface area contributed by atoms with Crippen LogP contribution in [0, 0.1) is 5.82 Å². The summed E-state index contributed by atoms with van der Waals surface area (Å²) in [5, 5.41) is 14.0. The normalized spacial score (nSPS) is 10.3. The first-order chi connectivity index (χ1) is 12.2. The van der Waals surface area contributed by atoms with Crippen molar-refractivity contribution in [2.45, 2.75) is 13.1 Å². The van der Waals surface area contributed by atoms with Crippen molar-refractivity contribution in [2.75, 3.05) is 17.7 Å². The number of nitrogens with zero attached hydrogens (tertiary/aromatic N) is 3. The fourth-order valence-corrected chi connectivity index (χ4v) is 2.22. The summed E-state index contributed by atoms with van der Waals surface area (Å²) >= 11 is 0. The standard InChI is InChI=1S/C18H18FN5O/c1-25-15-8-6-13(7-9-15)10-21-18-23-17(12-22-24-18)20-11-14-4-2-3-5-16(14)19/h2-9,12H,10-11H2,1H3,(H2,20,21,23,24). The third kappa shape index (κ3) is 4.63. The maximum Gasteiger partial charge on any atom is 0.244 e. The third-order valence-corrected chi connectivity index (χ3v) is 3.59. The summed E-state index contributed by atoms with van der Waals surface area (Å²) in [6.07, 6.45) is 1.50. The predicted molar refractivity (Wildman–Crippen MR) is 93.9 cm³/mol. The Morgan fingerprint density at radius 1 is 1.00 bits per heavy atom. The molecule has 1 aromatic heterocycles. The number of nitrogens with one attached hydrogen (secondary N) is 2. The fraction of sp³-hybridized carbons (Fsp3) is 0.167. The molecule has 0 aliphatic carbocycles. The highest BCUT2D eigenvalue weighted by atomic mass is 19.1. The zero-order valence-corrected chi connectivity index (χ0v) is 13.7. The van der Waals surface area contributed by atoms with Gasteiger partial charge in [-0.1, -0.05) is 30.3 Å². The van der Waals surface area contributed by atoms with Crippen LogP contribution in [-0.2, 0) is 13.1 Å². The van der Waals surface area contributed by atoms with Gasteiger partial charge in [0.25, 0.3) is 0 Å². The molecule has 128 valence electrons. The number of aromatic nitrogens is 3. The molecule has 0 fully saturated rings. The summed E-state index contributed by atoms with van der Waals surface area (Å²) in [4.78, 5) is 4.32. The van der Waals surface area contributed by atoms with E-state index in [1.54, 1.807) is 25.3 Å². The van der Waals surface area contributed by atoms with Gasteiger partial charge in [-0.05, 0) is 23.8 Å². The maximum atomic E-state index is 13.6. The molecule has 0 spiro atoms. The molecule has 0 amide bonds. The van der Waals surface area contributed by atoms with E-state index in [0.717, 1.165) is 11.3 Å². The van der Waals surface area contributed by atoms with Gasteiger partial charge < -0.3 is 15.4 Å². The Balaban J connectivity index is 1.58. The van der Waals surface area contributed by atoms with E-state index in [9.17, 15) is 4.39 Å². The topological polar surface area (TPSA) is 72.0 Å². The molecule has 0 radical (unpaired) electrons. The van der Waals surface area contributed by atoms with Crippen LogP contribution in [0.4, 0.5) is 16.2 Å². The van der Waals surface area contributed by atoms with E-state index in [0.29, 0.717) is 30.4 Å². The molecule has 25 heavy (non-hydrogen) atoms. The van der Waals surface area contributed by atoms with Gasteiger partial charge in [0.05, 0.1) is 13.3 Å². The van der Waals surface area contributed by atoms with Crippen molar-refractivity contribution >= 4 is 11.8 Å². The second kappa shape index (κ2) is 8.05. The monoisotopic (exact) mass is 339 g/mol. The lowest BCUT2D eigenvalue weighted by molar-refractivity contribution is 0.414. The summed E-state index contributed by atoms with van der Waals surface area (Å²) < 4.78 is 18.8. The predicted octanol–water partition coefficient (Wildman–Crippen LogP) is 3.24. The molecular weight excluding hydrogens is 321 g/mol. The summed E-state index contributed by atoms with van der Waals surface area (Å²) in [7, 11) is 1.63. The molecule has 0 aliphatic rings. The Morgan fingerprint density at radius 3 is 2.56 bits per heavy atom. The Kier molecular flexibility index (Phi) is 5.36.